The Kier molecular flexibility index (Phi) is 8.36. The first kappa shape index (κ1) is 20.5. The Morgan fingerprint density at radius 3 is 2.19 bits per heavy atom. The lowest BCUT2D eigenvalue weighted by Gasteiger charge is -2.09. The third-order valence-corrected chi connectivity index (χ3v) is 4.42. The Labute approximate surface area is 159 Å². The van der Waals surface area contributed by atoms with E-state index in [1.165, 1.54) is 5.56 Å². The fourth-order valence-corrected chi connectivity index (χ4v) is 2.90. The second-order valence-corrected chi connectivity index (χ2v) is 6.56. The normalized spacial score (nSPS) is 10.5. The van der Waals surface area contributed by atoms with Crippen LogP contribution in [-0.2, 0) is 17.8 Å². The monoisotopic (exact) mass is 370 g/mol. The average molecular weight is 370 g/mol. The third-order valence-electron chi connectivity index (χ3n) is 4.42. The maximum absolute atomic E-state index is 11.2. The van der Waals surface area contributed by atoms with Gasteiger partial charge in [0, 0.05) is 12.0 Å². The Morgan fingerprint density at radius 1 is 0.815 bits per heavy atom. The summed E-state index contributed by atoms with van der Waals surface area (Å²) in [5, 5.41) is 17.8. The van der Waals surface area contributed by atoms with Crippen LogP contribution in [0.15, 0.2) is 48.5 Å². The number of carbonyl (C=O) groups is 2. The average Bonchev–Trinajstić information content (AvgIpc) is 2.66. The molecule has 0 aliphatic carbocycles. The molecule has 2 aromatic carbocycles. The van der Waals surface area contributed by atoms with E-state index < -0.39 is 11.9 Å². The highest BCUT2D eigenvalue weighted by molar-refractivity contribution is 5.89. The van der Waals surface area contributed by atoms with Crippen LogP contribution in [0.1, 0.15) is 60.0 Å². The van der Waals surface area contributed by atoms with E-state index in [-0.39, 0.29) is 18.6 Å². The van der Waals surface area contributed by atoms with Crippen molar-refractivity contribution in [3.8, 4) is 5.75 Å². The predicted molar refractivity (Wildman–Crippen MR) is 103 cm³/mol. The summed E-state index contributed by atoms with van der Waals surface area (Å²) in [5.74, 6) is -0.955. The molecule has 2 aromatic rings. The number of hydrogen-bond acceptors (Lipinski definition) is 3. The molecule has 0 aromatic heterocycles. The molecule has 0 saturated heterocycles. The highest BCUT2D eigenvalue weighted by Gasteiger charge is 2.09. The number of aryl methyl sites for hydroxylation is 1. The zero-order valence-corrected chi connectivity index (χ0v) is 15.4. The molecular weight excluding hydrogens is 344 g/mol. The fourth-order valence-electron chi connectivity index (χ4n) is 2.90. The number of carboxylic acids is 2. The topological polar surface area (TPSA) is 83.8 Å². The minimum Gasteiger partial charge on any atom is -0.489 e. The van der Waals surface area contributed by atoms with Crippen LogP contribution >= 0.6 is 0 Å². The Hall–Kier alpha value is -2.82. The molecule has 0 aliphatic heterocycles. The molecule has 0 unspecified atom stereocenters. The highest BCUT2D eigenvalue weighted by atomic mass is 16.5. The molecule has 0 atom stereocenters. The summed E-state index contributed by atoms with van der Waals surface area (Å²) in [6, 6.07) is 14.7. The lowest BCUT2D eigenvalue weighted by molar-refractivity contribution is -0.137. The van der Waals surface area contributed by atoms with E-state index >= 15 is 0 Å². The number of hydrogen-bond donors (Lipinski definition) is 2. The highest BCUT2D eigenvalue weighted by Crippen LogP contribution is 2.18. The van der Waals surface area contributed by atoms with Crippen LogP contribution < -0.4 is 4.74 Å². The summed E-state index contributed by atoms with van der Waals surface area (Å²) in [6.07, 6.45) is 6.23. The van der Waals surface area contributed by atoms with Crippen molar-refractivity contribution in [2.24, 2.45) is 0 Å². The Balaban J connectivity index is 1.71. The molecule has 2 N–H and O–H groups in total. The maximum Gasteiger partial charge on any atom is 0.336 e. The first-order chi connectivity index (χ1) is 13.1. The molecule has 0 saturated carbocycles. The van der Waals surface area contributed by atoms with Crippen molar-refractivity contribution < 1.29 is 24.5 Å². The van der Waals surface area contributed by atoms with E-state index in [9.17, 15) is 14.7 Å². The second kappa shape index (κ2) is 11.0. The van der Waals surface area contributed by atoms with E-state index in [4.69, 9.17) is 9.84 Å². The van der Waals surface area contributed by atoms with Crippen LogP contribution in [0.2, 0.25) is 0 Å². The lowest BCUT2D eigenvalue weighted by atomic mass is 10.0. The van der Waals surface area contributed by atoms with Gasteiger partial charge in [-0.05, 0) is 43.0 Å². The third kappa shape index (κ3) is 7.52. The van der Waals surface area contributed by atoms with E-state index in [0.29, 0.717) is 11.3 Å². The van der Waals surface area contributed by atoms with Gasteiger partial charge < -0.3 is 14.9 Å². The SMILES string of the molecule is O=C(O)CCCCCCCc1ccc(OCc2ccccc2C(=O)O)cc1. The van der Waals surface area contributed by atoms with Crippen molar-refractivity contribution in [3.05, 3.63) is 65.2 Å². The van der Waals surface area contributed by atoms with Crippen LogP contribution in [0.25, 0.3) is 0 Å². The van der Waals surface area contributed by atoms with Crippen molar-refractivity contribution in [2.45, 2.75) is 51.6 Å². The molecule has 0 spiro atoms. The van der Waals surface area contributed by atoms with Gasteiger partial charge in [-0.2, -0.15) is 0 Å². The second-order valence-electron chi connectivity index (χ2n) is 6.56. The molecule has 0 aliphatic rings. The zero-order chi connectivity index (χ0) is 19.5. The van der Waals surface area contributed by atoms with Crippen molar-refractivity contribution in [2.75, 3.05) is 0 Å². The number of carboxylic acid groups (broad SMARTS) is 2. The van der Waals surface area contributed by atoms with Gasteiger partial charge in [-0.25, -0.2) is 4.79 Å². The largest absolute Gasteiger partial charge is 0.489 e. The molecule has 2 rings (SSSR count). The van der Waals surface area contributed by atoms with Crippen LogP contribution in [-0.4, -0.2) is 22.2 Å². The molecule has 0 amide bonds. The van der Waals surface area contributed by atoms with E-state index in [0.717, 1.165) is 38.5 Å². The summed E-state index contributed by atoms with van der Waals surface area (Å²) in [7, 11) is 0. The van der Waals surface area contributed by atoms with Crippen LogP contribution in [0.4, 0.5) is 0 Å². The number of unbranched alkanes of at least 4 members (excludes halogenated alkanes) is 4. The Morgan fingerprint density at radius 2 is 1.48 bits per heavy atom. The van der Waals surface area contributed by atoms with Gasteiger partial charge in [-0.3, -0.25) is 4.79 Å². The minimum atomic E-state index is -0.951. The summed E-state index contributed by atoms with van der Waals surface area (Å²) in [4.78, 5) is 21.6. The van der Waals surface area contributed by atoms with E-state index in [1.807, 2.05) is 24.3 Å². The summed E-state index contributed by atoms with van der Waals surface area (Å²) in [5.41, 5.74) is 2.15. The molecule has 144 valence electrons. The molecule has 5 heteroatoms. The molecule has 27 heavy (non-hydrogen) atoms. The molecule has 0 fully saturated rings. The number of aliphatic carboxylic acids is 1. The van der Waals surface area contributed by atoms with Crippen LogP contribution in [0, 0.1) is 0 Å². The quantitative estimate of drug-likeness (QED) is 0.518. The summed E-state index contributed by atoms with van der Waals surface area (Å²) >= 11 is 0. The van der Waals surface area contributed by atoms with Gasteiger partial charge in [-0.1, -0.05) is 49.6 Å². The van der Waals surface area contributed by atoms with Gasteiger partial charge in [0.25, 0.3) is 0 Å². The van der Waals surface area contributed by atoms with Gasteiger partial charge in [0.1, 0.15) is 12.4 Å². The fraction of sp³-hybridized carbons (Fsp3) is 0.364. The number of ether oxygens (including phenoxy) is 1. The summed E-state index contributed by atoms with van der Waals surface area (Å²) in [6.45, 7) is 0.220. The number of rotatable bonds is 12. The van der Waals surface area contributed by atoms with Crippen LogP contribution in [0.5, 0.6) is 5.75 Å². The van der Waals surface area contributed by atoms with Gasteiger partial charge >= 0.3 is 11.9 Å². The van der Waals surface area contributed by atoms with Crippen molar-refractivity contribution in [3.63, 3.8) is 0 Å². The Bertz CT molecular complexity index is 737. The predicted octanol–water partition coefficient (Wildman–Crippen LogP) is 4.93. The van der Waals surface area contributed by atoms with Gasteiger partial charge in [-0.15, -0.1) is 0 Å². The molecular formula is C22H26O5. The van der Waals surface area contributed by atoms with Crippen molar-refractivity contribution in [1.82, 2.24) is 0 Å². The number of benzene rings is 2. The molecule has 0 heterocycles. The lowest BCUT2D eigenvalue weighted by Crippen LogP contribution is -2.05. The molecule has 0 bridgehead atoms. The van der Waals surface area contributed by atoms with Gasteiger partial charge in [0.15, 0.2) is 0 Å². The van der Waals surface area contributed by atoms with Gasteiger partial charge in [0.2, 0.25) is 0 Å². The molecule has 5 nitrogen and oxygen atoms in total. The van der Waals surface area contributed by atoms with Crippen LogP contribution in [0.3, 0.4) is 0 Å². The first-order valence-corrected chi connectivity index (χ1v) is 9.31. The van der Waals surface area contributed by atoms with E-state index in [1.54, 1.807) is 24.3 Å². The van der Waals surface area contributed by atoms with Gasteiger partial charge in [0.05, 0.1) is 5.56 Å². The smallest absolute Gasteiger partial charge is 0.336 e. The minimum absolute atomic E-state index is 0.220. The summed E-state index contributed by atoms with van der Waals surface area (Å²) < 4.78 is 5.72. The standard InChI is InChI=1S/C22H26O5/c23-21(24)11-5-3-1-2-4-8-17-12-14-19(15-13-17)27-16-18-9-6-7-10-20(18)22(25)26/h6-7,9-10,12-15H,1-5,8,11,16H2,(H,23,24)(H,25,26). The van der Waals surface area contributed by atoms with E-state index in [2.05, 4.69) is 0 Å². The maximum atomic E-state index is 11.2. The first-order valence-electron chi connectivity index (χ1n) is 9.31. The molecule has 0 radical (unpaired) electrons. The van der Waals surface area contributed by atoms with Crippen molar-refractivity contribution in [1.29, 1.82) is 0 Å². The number of aromatic carboxylic acids is 1. The van der Waals surface area contributed by atoms with Crippen molar-refractivity contribution >= 4 is 11.9 Å². The zero-order valence-electron chi connectivity index (χ0n) is 15.4.